The smallest absolute Gasteiger partial charge is 0.269 e. The zero-order valence-electron chi connectivity index (χ0n) is 18.8. The van der Waals surface area contributed by atoms with Crippen molar-refractivity contribution in [1.82, 2.24) is 4.98 Å². The van der Waals surface area contributed by atoms with E-state index in [9.17, 15) is 10.1 Å². The molecule has 0 radical (unpaired) electrons. The minimum Gasteiger partial charge on any atom is -0.354 e. The molecule has 7 nitrogen and oxygen atoms in total. The zero-order valence-corrected chi connectivity index (χ0v) is 19.6. The molecule has 0 fully saturated rings. The molecule has 0 aliphatic carbocycles. The molecule has 172 valence electrons. The Morgan fingerprint density at radius 1 is 0.800 bits per heavy atom. The summed E-state index contributed by atoms with van der Waals surface area (Å²) in [5.41, 5.74) is 6.52. The van der Waals surface area contributed by atoms with Crippen molar-refractivity contribution in [2.75, 3.05) is 16.0 Å². The van der Waals surface area contributed by atoms with Crippen LogP contribution in [0.15, 0.2) is 91.0 Å². The lowest BCUT2D eigenvalue weighted by Crippen LogP contribution is -2.18. The van der Waals surface area contributed by atoms with E-state index in [-0.39, 0.29) is 5.69 Å². The van der Waals surface area contributed by atoms with Gasteiger partial charge in [-0.3, -0.25) is 10.1 Å². The van der Waals surface area contributed by atoms with E-state index in [1.807, 2.05) is 48.5 Å². The average Bonchev–Trinajstić information content (AvgIpc) is 2.85. The summed E-state index contributed by atoms with van der Waals surface area (Å²) in [5.74, 6) is 0. The number of hydrogen-bond acceptors (Lipinski definition) is 5. The van der Waals surface area contributed by atoms with Gasteiger partial charge in [-0.25, -0.2) is 4.98 Å². The van der Waals surface area contributed by atoms with E-state index in [2.05, 4.69) is 41.1 Å². The highest BCUT2D eigenvalue weighted by molar-refractivity contribution is 7.80. The van der Waals surface area contributed by atoms with Gasteiger partial charge >= 0.3 is 0 Å². The molecular weight excluding hydrogens is 458 g/mol. The largest absolute Gasteiger partial charge is 0.354 e. The summed E-state index contributed by atoms with van der Waals surface area (Å²) in [6.07, 6.45) is 0. The lowest BCUT2D eigenvalue weighted by molar-refractivity contribution is -0.384. The number of aryl methyl sites for hydroxylation is 1. The Hall–Kier alpha value is -4.56. The Morgan fingerprint density at radius 2 is 1.40 bits per heavy atom. The third kappa shape index (κ3) is 4.87. The van der Waals surface area contributed by atoms with Crippen LogP contribution in [0.25, 0.3) is 21.8 Å². The fourth-order valence-electron chi connectivity index (χ4n) is 3.88. The molecule has 0 saturated heterocycles. The number of non-ortho nitro benzene ring substituents is 1. The van der Waals surface area contributed by atoms with Gasteiger partial charge in [-0.05, 0) is 73.7 Å². The first-order valence-corrected chi connectivity index (χ1v) is 11.4. The highest BCUT2D eigenvalue weighted by Gasteiger charge is 2.10. The van der Waals surface area contributed by atoms with Gasteiger partial charge in [0.2, 0.25) is 0 Å². The maximum absolute atomic E-state index is 10.8. The van der Waals surface area contributed by atoms with Gasteiger partial charge < -0.3 is 16.0 Å². The van der Waals surface area contributed by atoms with Gasteiger partial charge in [0, 0.05) is 40.0 Å². The fraction of sp³-hybridized carbons (Fsp3) is 0.0370. The quantitative estimate of drug-likeness (QED) is 0.107. The molecule has 0 spiro atoms. The molecule has 8 heteroatoms. The Kier molecular flexibility index (Phi) is 5.95. The standard InChI is InChI=1S/C27H21N5O2S/c1-17-6-15-25-23(16-17)26(22-4-2-3-5-24(22)31-25)28-18-7-9-19(10-8-18)29-27(35)30-20-11-13-21(14-12-20)32(33)34/h2-16H,1H3,(H,28,31)(H2,29,30,35). The molecule has 1 aromatic heterocycles. The zero-order chi connectivity index (χ0) is 24.4. The summed E-state index contributed by atoms with van der Waals surface area (Å²) in [6, 6.07) is 28.3. The molecule has 0 amide bonds. The van der Waals surface area contributed by atoms with Gasteiger partial charge in [-0.1, -0.05) is 29.8 Å². The van der Waals surface area contributed by atoms with E-state index in [4.69, 9.17) is 17.2 Å². The second-order valence-corrected chi connectivity index (χ2v) is 8.52. The van der Waals surface area contributed by atoms with Crippen molar-refractivity contribution in [3.8, 4) is 0 Å². The summed E-state index contributed by atoms with van der Waals surface area (Å²) in [6.45, 7) is 2.08. The number of pyridine rings is 1. The van der Waals surface area contributed by atoms with Crippen LogP contribution in [0.3, 0.4) is 0 Å². The van der Waals surface area contributed by atoms with Crippen LogP contribution < -0.4 is 16.0 Å². The monoisotopic (exact) mass is 479 g/mol. The first-order valence-electron chi connectivity index (χ1n) is 10.9. The molecule has 0 aliphatic heterocycles. The van der Waals surface area contributed by atoms with Crippen LogP contribution in [-0.2, 0) is 0 Å². The molecule has 0 bridgehead atoms. The normalized spacial score (nSPS) is 10.8. The highest BCUT2D eigenvalue weighted by Crippen LogP contribution is 2.33. The first-order chi connectivity index (χ1) is 17.0. The third-order valence-corrected chi connectivity index (χ3v) is 5.79. The summed E-state index contributed by atoms with van der Waals surface area (Å²) in [4.78, 5) is 15.2. The highest BCUT2D eigenvalue weighted by atomic mass is 32.1. The number of nitrogens with zero attached hydrogens (tertiary/aromatic N) is 2. The number of anilines is 4. The Morgan fingerprint density at radius 3 is 2.09 bits per heavy atom. The Balaban J connectivity index is 1.34. The van der Waals surface area contributed by atoms with Gasteiger partial charge in [0.25, 0.3) is 5.69 Å². The molecular formula is C27H21N5O2S. The number of thiocarbonyl (C=S) groups is 1. The van der Waals surface area contributed by atoms with Crippen LogP contribution in [0, 0.1) is 17.0 Å². The topological polar surface area (TPSA) is 92.1 Å². The second kappa shape index (κ2) is 9.36. The molecule has 0 saturated carbocycles. The van der Waals surface area contributed by atoms with Crippen molar-refractivity contribution in [2.45, 2.75) is 6.92 Å². The summed E-state index contributed by atoms with van der Waals surface area (Å²) in [7, 11) is 0. The molecule has 35 heavy (non-hydrogen) atoms. The Bertz CT molecular complexity index is 1570. The van der Waals surface area contributed by atoms with E-state index < -0.39 is 4.92 Å². The van der Waals surface area contributed by atoms with Crippen LogP contribution in [-0.4, -0.2) is 15.0 Å². The van der Waals surface area contributed by atoms with Crippen molar-refractivity contribution in [3.05, 3.63) is 107 Å². The SMILES string of the molecule is Cc1ccc2nc3ccccc3c(Nc3ccc(NC(=S)Nc4ccc([N+](=O)[O-])cc4)cc3)c2c1. The number of para-hydroxylation sites is 1. The number of nitro benzene ring substituents is 1. The molecule has 0 aliphatic rings. The Labute approximate surface area is 207 Å². The van der Waals surface area contributed by atoms with E-state index in [0.717, 1.165) is 38.9 Å². The van der Waals surface area contributed by atoms with E-state index in [1.54, 1.807) is 12.1 Å². The molecule has 1 heterocycles. The van der Waals surface area contributed by atoms with Crippen LogP contribution >= 0.6 is 12.2 Å². The molecule has 5 aromatic rings. The van der Waals surface area contributed by atoms with Gasteiger partial charge in [-0.2, -0.15) is 0 Å². The maximum atomic E-state index is 10.8. The van der Waals surface area contributed by atoms with Gasteiger partial charge in [0.15, 0.2) is 5.11 Å². The van der Waals surface area contributed by atoms with E-state index in [1.165, 1.54) is 17.7 Å². The molecule has 5 rings (SSSR count). The lowest BCUT2D eigenvalue weighted by Gasteiger charge is -2.15. The number of rotatable bonds is 5. The minimum atomic E-state index is -0.436. The van der Waals surface area contributed by atoms with Crippen molar-refractivity contribution in [1.29, 1.82) is 0 Å². The predicted molar refractivity (Wildman–Crippen MR) is 147 cm³/mol. The minimum absolute atomic E-state index is 0.0300. The van der Waals surface area contributed by atoms with E-state index in [0.29, 0.717) is 10.8 Å². The average molecular weight is 480 g/mol. The fourth-order valence-corrected chi connectivity index (χ4v) is 4.12. The predicted octanol–water partition coefficient (Wildman–Crippen LogP) is 7.16. The number of nitrogens with one attached hydrogen (secondary N) is 3. The van der Waals surface area contributed by atoms with Gasteiger partial charge in [0.05, 0.1) is 21.6 Å². The molecule has 4 aromatic carbocycles. The summed E-state index contributed by atoms with van der Waals surface area (Å²) < 4.78 is 0. The van der Waals surface area contributed by atoms with Crippen molar-refractivity contribution in [3.63, 3.8) is 0 Å². The van der Waals surface area contributed by atoms with Gasteiger partial charge in [-0.15, -0.1) is 0 Å². The number of aromatic nitrogens is 1. The van der Waals surface area contributed by atoms with Crippen LogP contribution in [0.2, 0.25) is 0 Å². The maximum Gasteiger partial charge on any atom is 0.269 e. The van der Waals surface area contributed by atoms with Crippen molar-refractivity contribution >= 4 is 67.6 Å². The number of benzene rings is 4. The molecule has 0 unspecified atom stereocenters. The van der Waals surface area contributed by atoms with Crippen LogP contribution in [0.4, 0.5) is 28.4 Å². The summed E-state index contributed by atoms with van der Waals surface area (Å²) >= 11 is 5.38. The van der Waals surface area contributed by atoms with Gasteiger partial charge in [0.1, 0.15) is 0 Å². The van der Waals surface area contributed by atoms with Crippen LogP contribution in [0.1, 0.15) is 5.56 Å². The number of hydrogen-bond donors (Lipinski definition) is 3. The van der Waals surface area contributed by atoms with Crippen LogP contribution in [0.5, 0.6) is 0 Å². The number of fused-ring (bicyclic) bond motifs is 2. The summed E-state index contributed by atoms with van der Waals surface area (Å²) in [5, 5.41) is 23.1. The van der Waals surface area contributed by atoms with Crippen molar-refractivity contribution in [2.24, 2.45) is 0 Å². The number of nitro groups is 1. The lowest BCUT2D eigenvalue weighted by atomic mass is 10.1. The third-order valence-electron chi connectivity index (χ3n) is 5.58. The van der Waals surface area contributed by atoms with Crippen molar-refractivity contribution < 1.29 is 4.92 Å². The molecule has 3 N–H and O–H groups in total. The second-order valence-electron chi connectivity index (χ2n) is 8.11. The molecule has 0 atom stereocenters. The van der Waals surface area contributed by atoms with E-state index >= 15 is 0 Å². The first kappa shape index (κ1) is 22.2.